The minimum absolute atomic E-state index is 0.0676. The Bertz CT molecular complexity index is 850. The Balaban J connectivity index is 2.30. The fraction of sp³-hybridized carbons (Fsp3) is 0.125. The SMILES string of the molecule is CCNc1c(C(=O)c2cccs2)c(=O)oc2ccccc12. The van der Waals surface area contributed by atoms with Crippen LogP contribution in [0.3, 0.4) is 0 Å². The summed E-state index contributed by atoms with van der Waals surface area (Å²) < 4.78 is 5.29. The Morgan fingerprint density at radius 3 is 2.76 bits per heavy atom. The predicted octanol–water partition coefficient (Wildman–Crippen LogP) is 3.52. The second kappa shape index (κ2) is 5.54. The van der Waals surface area contributed by atoms with Gasteiger partial charge in [0.15, 0.2) is 0 Å². The second-order valence-electron chi connectivity index (χ2n) is 4.47. The molecule has 0 aliphatic heterocycles. The number of hydrogen-bond acceptors (Lipinski definition) is 5. The van der Waals surface area contributed by atoms with Crippen molar-refractivity contribution in [2.75, 3.05) is 11.9 Å². The van der Waals surface area contributed by atoms with Gasteiger partial charge < -0.3 is 9.73 Å². The minimum atomic E-state index is -0.608. The molecular formula is C16H13NO3S. The largest absolute Gasteiger partial charge is 0.422 e. The number of thiophene rings is 1. The number of para-hydroxylation sites is 1. The Morgan fingerprint density at radius 2 is 2.05 bits per heavy atom. The molecule has 0 radical (unpaired) electrons. The van der Waals surface area contributed by atoms with E-state index in [4.69, 9.17) is 4.42 Å². The van der Waals surface area contributed by atoms with Crippen LogP contribution in [0.2, 0.25) is 0 Å². The van der Waals surface area contributed by atoms with Crippen molar-refractivity contribution >= 4 is 33.8 Å². The molecule has 0 atom stereocenters. The summed E-state index contributed by atoms with van der Waals surface area (Å²) in [6, 6.07) is 10.7. The van der Waals surface area contributed by atoms with E-state index in [1.165, 1.54) is 11.3 Å². The molecule has 0 aliphatic rings. The molecule has 2 aromatic heterocycles. The van der Waals surface area contributed by atoms with E-state index in [0.717, 1.165) is 5.39 Å². The van der Waals surface area contributed by atoms with Gasteiger partial charge in [0.05, 0.1) is 10.6 Å². The maximum absolute atomic E-state index is 12.6. The van der Waals surface area contributed by atoms with Gasteiger partial charge in [-0.3, -0.25) is 4.79 Å². The highest BCUT2D eigenvalue weighted by molar-refractivity contribution is 7.12. The third kappa shape index (κ3) is 2.36. The van der Waals surface area contributed by atoms with E-state index in [1.807, 2.05) is 24.4 Å². The summed E-state index contributed by atoms with van der Waals surface area (Å²) in [6.45, 7) is 2.53. The molecule has 1 aromatic carbocycles. The van der Waals surface area contributed by atoms with E-state index >= 15 is 0 Å². The van der Waals surface area contributed by atoms with Crippen molar-refractivity contribution < 1.29 is 9.21 Å². The number of carbonyl (C=O) groups excluding carboxylic acids is 1. The van der Waals surface area contributed by atoms with Crippen molar-refractivity contribution in [3.8, 4) is 0 Å². The molecule has 1 N–H and O–H groups in total. The minimum Gasteiger partial charge on any atom is -0.422 e. The molecule has 106 valence electrons. The Morgan fingerprint density at radius 1 is 1.24 bits per heavy atom. The van der Waals surface area contributed by atoms with Crippen molar-refractivity contribution in [2.45, 2.75) is 6.92 Å². The van der Waals surface area contributed by atoms with Gasteiger partial charge in [-0.25, -0.2) is 4.79 Å². The van der Waals surface area contributed by atoms with Crippen LogP contribution in [0.4, 0.5) is 5.69 Å². The van der Waals surface area contributed by atoms with E-state index in [0.29, 0.717) is 22.7 Å². The van der Waals surface area contributed by atoms with Gasteiger partial charge in [-0.2, -0.15) is 0 Å². The third-order valence-electron chi connectivity index (χ3n) is 3.14. The second-order valence-corrected chi connectivity index (χ2v) is 5.42. The molecule has 5 heteroatoms. The standard InChI is InChI=1S/C16H13NO3S/c1-2-17-14-10-6-3-4-7-11(10)20-16(19)13(14)15(18)12-8-5-9-21-12/h3-9,17H,2H2,1H3. The molecule has 21 heavy (non-hydrogen) atoms. The van der Waals surface area contributed by atoms with E-state index < -0.39 is 5.63 Å². The number of rotatable bonds is 4. The van der Waals surface area contributed by atoms with Crippen LogP contribution < -0.4 is 10.9 Å². The molecule has 2 heterocycles. The molecular weight excluding hydrogens is 286 g/mol. The molecule has 0 unspecified atom stereocenters. The lowest BCUT2D eigenvalue weighted by atomic mass is 10.1. The lowest BCUT2D eigenvalue weighted by Gasteiger charge is -2.11. The fourth-order valence-corrected chi connectivity index (χ4v) is 2.92. The summed E-state index contributed by atoms with van der Waals surface area (Å²) in [5.74, 6) is -0.305. The van der Waals surface area contributed by atoms with Crippen molar-refractivity contribution in [2.24, 2.45) is 0 Å². The van der Waals surface area contributed by atoms with Gasteiger partial charge >= 0.3 is 5.63 Å². The van der Waals surface area contributed by atoms with Crippen LogP contribution in [0, 0.1) is 0 Å². The van der Waals surface area contributed by atoms with E-state index in [-0.39, 0.29) is 11.3 Å². The Hall–Kier alpha value is -2.40. The molecule has 0 saturated heterocycles. The van der Waals surface area contributed by atoms with Gasteiger partial charge in [0.25, 0.3) is 0 Å². The van der Waals surface area contributed by atoms with Crippen LogP contribution in [0.25, 0.3) is 11.0 Å². The number of ketones is 1. The number of fused-ring (bicyclic) bond motifs is 1. The predicted molar refractivity (Wildman–Crippen MR) is 84.4 cm³/mol. The highest BCUT2D eigenvalue weighted by Gasteiger charge is 2.22. The van der Waals surface area contributed by atoms with Crippen LogP contribution >= 0.6 is 11.3 Å². The van der Waals surface area contributed by atoms with Gasteiger partial charge in [0, 0.05) is 11.9 Å². The van der Waals surface area contributed by atoms with Gasteiger partial charge in [-0.1, -0.05) is 18.2 Å². The molecule has 0 aliphatic carbocycles. The van der Waals surface area contributed by atoms with Gasteiger partial charge in [-0.05, 0) is 30.5 Å². The van der Waals surface area contributed by atoms with Gasteiger partial charge in [0.1, 0.15) is 11.1 Å². The highest BCUT2D eigenvalue weighted by Crippen LogP contribution is 2.27. The molecule has 0 fully saturated rings. The fourth-order valence-electron chi connectivity index (χ4n) is 2.25. The average molecular weight is 299 g/mol. The quantitative estimate of drug-likeness (QED) is 0.591. The van der Waals surface area contributed by atoms with Gasteiger partial charge in [-0.15, -0.1) is 11.3 Å². The lowest BCUT2D eigenvalue weighted by molar-refractivity contribution is 0.104. The molecule has 0 spiro atoms. The highest BCUT2D eigenvalue weighted by atomic mass is 32.1. The van der Waals surface area contributed by atoms with Crippen molar-refractivity contribution in [1.82, 2.24) is 0 Å². The van der Waals surface area contributed by atoms with Crippen LogP contribution in [0.1, 0.15) is 22.2 Å². The molecule has 0 bridgehead atoms. The van der Waals surface area contributed by atoms with Crippen LogP contribution in [-0.4, -0.2) is 12.3 Å². The first kappa shape index (κ1) is 13.6. The Kier molecular flexibility index (Phi) is 3.58. The van der Waals surface area contributed by atoms with Crippen LogP contribution in [-0.2, 0) is 0 Å². The maximum Gasteiger partial charge on any atom is 0.349 e. The first-order valence-corrected chi connectivity index (χ1v) is 7.48. The first-order valence-electron chi connectivity index (χ1n) is 6.60. The zero-order chi connectivity index (χ0) is 14.8. The number of nitrogens with one attached hydrogen (secondary N) is 1. The molecule has 0 saturated carbocycles. The normalized spacial score (nSPS) is 10.7. The zero-order valence-corrected chi connectivity index (χ0v) is 12.2. The summed E-state index contributed by atoms with van der Waals surface area (Å²) in [7, 11) is 0. The third-order valence-corrected chi connectivity index (χ3v) is 4.01. The van der Waals surface area contributed by atoms with Crippen LogP contribution in [0.15, 0.2) is 51.0 Å². The molecule has 4 nitrogen and oxygen atoms in total. The van der Waals surface area contributed by atoms with Crippen molar-refractivity contribution in [3.63, 3.8) is 0 Å². The smallest absolute Gasteiger partial charge is 0.349 e. The number of carbonyl (C=O) groups is 1. The molecule has 3 aromatic rings. The number of benzene rings is 1. The van der Waals surface area contributed by atoms with E-state index in [1.54, 1.807) is 24.3 Å². The van der Waals surface area contributed by atoms with E-state index in [9.17, 15) is 9.59 Å². The topological polar surface area (TPSA) is 59.3 Å². The molecule has 0 amide bonds. The Labute approximate surface area is 125 Å². The maximum atomic E-state index is 12.6. The number of hydrogen-bond donors (Lipinski definition) is 1. The lowest BCUT2D eigenvalue weighted by Crippen LogP contribution is -2.18. The van der Waals surface area contributed by atoms with Crippen LogP contribution in [0.5, 0.6) is 0 Å². The molecule has 3 rings (SSSR count). The van der Waals surface area contributed by atoms with Crippen molar-refractivity contribution in [3.05, 3.63) is 62.6 Å². The summed E-state index contributed by atoms with van der Waals surface area (Å²) >= 11 is 1.31. The summed E-state index contributed by atoms with van der Waals surface area (Å²) in [5, 5.41) is 5.67. The first-order chi connectivity index (χ1) is 10.2. The monoisotopic (exact) mass is 299 g/mol. The zero-order valence-electron chi connectivity index (χ0n) is 11.4. The number of anilines is 1. The van der Waals surface area contributed by atoms with Crippen molar-refractivity contribution in [1.29, 1.82) is 0 Å². The average Bonchev–Trinajstić information content (AvgIpc) is 3.01. The van der Waals surface area contributed by atoms with E-state index in [2.05, 4.69) is 5.32 Å². The summed E-state index contributed by atoms with van der Waals surface area (Å²) in [5.41, 5.74) is 0.477. The van der Waals surface area contributed by atoms with Gasteiger partial charge in [0.2, 0.25) is 5.78 Å². The summed E-state index contributed by atoms with van der Waals surface area (Å²) in [6.07, 6.45) is 0. The summed E-state index contributed by atoms with van der Waals surface area (Å²) in [4.78, 5) is 25.3.